The van der Waals surface area contributed by atoms with Crippen LogP contribution in [0.3, 0.4) is 0 Å². The average Bonchev–Trinajstić information content (AvgIpc) is 1.80. The van der Waals surface area contributed by atoms with Crippen molar-refractivity contribution in [1.82, 2.24) is 0 Å². The molecule has 0 saturated heterocycles. The third-order valence-electron chi connectivity index (χ3n) is 1.85. The van der Waals surface area contributed by atoms with Crippen LogP contribution in [0.1, 0.15) is 41.0 Å². The quantitative estimate of drug-likeness (QED) is 0.660. The van der Waals surface area contributed by atoms with Crippen LogP contribution < -0.4 is 5.73 Å². The Bertz CT molecular complexity index is 195. The highest BCUT2D eigenvalue weighted by molar-refractivity contribution is 5.19. The summed E-state index contributed by atoms with van der Waals surface area (Å²) < 4.78 is 0. The summed E-state index contributed by atoms with van der Waals surface area (Å²) in [5.74, 6) is 1.41. The van der Waals surface area contributed by atoms with Crippen molar-refractivity contribution in [3.8, 4) is 0 Å². The Labute approximate surface area is 82.7 Å². The molecule has 13 heavy (non-hydrogen) atoms. The van der Waals surface area contributed by atoms with Crippen molar-refractivity contribution in [3.05, 3.63) is 23.4 Å². The van der Waals surface area contributed by atoms with Gasteiger partial charge >= 0.3 is 0 Å². The molecule has 0 radical (unpaired) electrons. The van der Waals surface area contributed by atoms with Crippen LogP contribution in [-0.4, -0.2) is 0 Å². The third-order valence-corrected chi connectivity index (χ3v) is 1.85. The molecule has 0 heterocycles. The van der Waals surface area contributed by atoms with Gasteiger partial charge in [0.05, 0.1) is 0 Å². The van der Waals surface area contributed by atoms with E-state index in [-0.39, 0.29) is 0 Å². The minimum Gasteiger partial charge on any atom is -0.402 e. The van der Waals surface area contributed by atoms with E-state index in [4.69, 9.17) is 5.73 Å². The monoisotopic (exact) mass is 181 g/mol. The van der Waals surface area contributed by atoms with Gasteiger partial charge in [-0.15, -0.1) is 0 Å². The lowest BCUT2D eigenvalue weighted by Gasteiger charge is -2.09. The summed E-state index contributed by atoms with van der Waals surface area (Å²) in [6.07, 6.45) is 5.56. The largest absolute Gasteiger partial charge is 0.402 e. The van der Waals surface area contributed by atoms with Gasteiger partial charge in [-0.25, -0.2) is 0 Å². The van der Waals surface area contributed by atoms with Crippen LogP contribution >= 0.6 is 0 Å². The van der Waals surface area contributed by atoms with Gasteiger partial charge < -0.3 is 5.73 Å². The number of hydrogen-bond acceptors (Lipinski definition) is 1. The van der Waals surface area contributed by atoms with Gasteiger partial charge in [-0.2, -0.15) is 0 Å². The van der Waals surface area contributed by atoms with Crippen LogP contribution in [0.4, 0.5) is 0 Å². The fourth-order valence-electron chi connectivity index (χ4n) is 1.67. The molecule has 1 atom stereocenters. The molecule has 0 unspecified atom stereocenters. The molecule has 0 bridgehead atoms. The molecule has 0 rings (SSSR count). The van der Waals surface area contributed by atoms with Gasteiger partial charge in [-0.05, 0) is 38.2 Å². The van der Waals surface area contributed by atoms with E-state index in [0.717, 1.165) is 11.6 Å². The molecular weight excluding hydrogens is 158 g/mol. The fraction of sp³-hybridized carbons (Fsp3) is 0.667. The Morgan fingerprint density at radius 3 is 2.15 bits per heavy atom. The molecule has 0 aromatic rings. The maximum absolute atomic E-state index is 5.59. The highest BCUT2D eigenvalue weighted by atomic mass is 14.5. The first-order chi connectivity index (χ1) is 5.91. The van der Waals surface area contributed by atoms with Crippen LogP contribution in [0.5, 0.6) is 0 Å². The number of allylic oxidation sites excluding steroid dienone is 4. The zero-order chi connectivity index (χ0) is 10.4. The Morgan fingerprint density at radius 1 is 1.23 bits per heavy atom. The molecule has 0 aliphatic carbocycles. The summed E-state index contributed by atoms with van der Waals surface area (Å²) in [6, 6.07) is 0. The van der Waals surface area contributed by atoms with E-state index >= 15 is 0 Å². The molecule has 0 aromatic heterocycles. The molecule has 0 fully saturated rings. The summed E-state index contributed by atoms with van der Waals surface area (Å²) in [4.78, 5) is 0. The van der Waals surface area contributed by atoms with Crippen LogP contribution in [-0.2, 0) is 0 Å². The molecule has 0 spiro atoms. The molecular formula is C12H23N. The fourth-order valence-corrected chi connectivity index (χ4v) is 1.67. The Kier molecular flexibility index (Phi) is 5.52. The van der Waals surface area contributed by atoms with Crippen LogP contribution in [0, 0.1) is 11.8 Å². The SMILES string of the molecule is C/C(N)=C/C(C)=C\[C@H](C)CC(C)C. The molecule has 0 aromatic carbocycles. The maximum Gasteiger partial charge on any atom is 0.00514 e. The smallest absolute Gasteiger partial charge is 0.00514 e. The van der Waals surface area contributed by atoms with Gasteiger partial charge in [0.1, 0.15) is 0 Å². The van der Waals surface area contributed by atoms with Gasteiger partial charge in [-0.3, -0.25) is 0 Å². The molecule has 76 valence electrons. The van der Waals surface area contributed by atoms with Crippen molar-refractivity contribution >= 4 is 0 Å². The van der Waals surface area contributed by atoms with Crippen molar-refractivity contribution in [2.45, 2.75) is 41.0 Å². The van der Waals surface area contributed by atoms with Gasteiger partial charge in [0.25, 0.3) is 0 Å². The maximum atomic E-state index is 5.59. The summed E-state index contributed by atoms with van der Waals surface area (Å²) >= 11 is 0. The lowest BCUT2D eigenvalue weighted by Crippen LogP contribution is -1.97. The number of rotatable bonds is 4. The van der Waals surface area contributed by atoms with Crippen molar-refractivity contribution in [2.75, 3.05) is 0 Å². The Balaban J connectivity index is 4.14. The van der Waals surface area contributed by atoms with E-state index in [0.29, 0.717) is 5.92 Å². The van der Waals surface area contributed by atoms with E-state index in [1.54, 1.807) is 0 Å². The van der Waals surface area contributed by atoms with Crippen molar-refractivity contribution in [2.24, 2.45) is 17.6 Å². The van der Waals surface area contributed by atoms with Crippen LogP contribution in [0.15, 0.2) is 23.4 Å². The predicted octanol–water partition coefficient (Wildman–Crippen LogP) is 3.48. The second-order valence-corrected chi connectivity index (χ2v) is 4.41. The van der Waals surface area contributed by atoms with Gasteiger partial charge in [0, 0.05) is 5.70 Å². The van der Waals surface area contributed by atoms with E-state index in [1.165, 1.54) is 12.0 Å². The molecule has 0 aliphatic rings. The number of nitrogens with two attached hydrogens (primary N) is 1. The highest BCUT2D eigenvalue weighted by Gasteiger charge is 2.01. The number of hydrogen-bond donors (Lipinski definition) is 1. The minimum atomic E-state index is 0.649. The van der Waals surface area contributed by atoms with E-state index in [2.05, 4.69) is 33.8 Å². The van der Waals surface area contributed by atoms with Crippen molar-refractivity contribution < 1.29 is 0 Å². The second kappa shape index (κ2) is 5.85. The summed E-state index contributed by atoms with van der Waals surface area (Å²) in [5, 5.41) is 0. The van der Waals surface area contributed by atoms with E-state index < -0.39 is 0 Å². The molecule has 0 aliphatic heterocycles. The Morgan fingerprint density at radius 2 is 1.77 bits per heavy atom. The predicted molar refractivity (Wildman–Crippen MR) is 60.3 cm³/mol. The van der Waals surface area contributed by atoms with E-state index in [9.17, 15) is 0 Å². The summed E-state index contributed by atoms with van der Waals surface area (Å²) in [6.45, 7) is 10.8. The molecule has 0 amide bonds. The Hall–Kier alpha value is -0.720. The average molecular weight is 181 g/mol. The zero-order valence-corrected chi connectivity index (χ0v) is 9.59. The molecule has 1 nitrogen and oxygen atoms in total. The highest BCUT2D eigenvalue weighted by Crippen LogP contribution is 2.14. The van der Waals surface area contributed by atoms with Gasteiger partial charge in [-0.1, -0.05) is 32.4 Å². The third kappa shape index (κ3) is 7.63. The summed E-state index contributed by atoms with van der Waals surface area (Å²) in [7, 11) is 0. The second-order valence-electron chi connectivity index (χ2n) is 4.41. The standard InChI is InChI=1S/C12H23N/c1-9(2)6-10(3)7-11(4)8-12(5)13/h7-10H,6,13H2,1-5H3/b11-7-,12-8-/t10-/m1/s1. The van der Waals surface area contributed by atoms with Gasteiger partial charge in [0.2, 0.25) is 0 Å². The lowest BCUT2D eigenvalue weighted by atomic mass is 9.97. The molecule has 2 N–H and O–H groups in total. The van der Waals surface area contributed by atoms with Crippen molar-refractivity contribution in [3.63, 3.8) is 0 Å². The first-order valence-electron chi connectivity index (χ1n) is 5.04. The molecule has 0 saturated carbocycles. The molecule has 1 heteroatoms. The lowest BCUT2D eigenvalue weighted by molar-refractivity contribution is 0.502. The normalized spacial score (nSPS) is 16.5. The minimum absolute atomic E-state index is 0.649. The first kappa shape index (κ1) is 12.3. The zero-order valence-electron chi connectivity index (χ0n) is 9.59. The van der Waals surface area contributed by atoms with Gasteiger partial charge in [0.15, 0.2) is 0 Å². The van der Waals surface area contributed by atoms with Crippen LogP contribution in [0.25, 0.3) is 0 Å². The van der Waals surface area contributed by atoms with Crippen LogP contribution in [0.2, 0.25) is 0 Å². The van der Waals surface area contributed by atoms with E-state index in [1.807, 2.05) is 13.0 Å². The topological polar surface area (TPSA) is 26.0 Å². The summed E-state index contributed by atoms with van der Waals surface area (Å²) in [5.41, 5.74) is 7.74. The van der Waals surface area contributed by atoms with Crippen molar-refractivity contribution in [1.29, 1.82) is 0 Å². The first-order valence-corrected chi connectivity index (χ1v) is 5.04.